The van der Waals surface area contributed by atoms with Gasteiger partial charge in [0.15, 0.2) is 0 Å². The Morgan fingerprint density at radius 3 is 2.62 bits per heavy atom. The SMILES string of the molecule is Fc1ccc(CNc2nnnn2-c2cccc(Cl)c2Cl)c(C(F)(F)F)c1. The van der Waals surface area contributed by atoms with Crippen LogP contribution in [0.25, 0.3) is 5.69 Å². The summed E-state index contributed by atoms with van der Waals surface area (Å²) in [6.07, 6.45) is -4.69. The van der Waals surface area contributed by atoms with Crippen molar-refractivity contribution in [2.45, 2.75) is 12.7 Å². The van der Waals surface area contributed by atoms with Crippen LogP contribution in [-0.2, 0) is 12.7 Å². The van der Waals surface area contributed by atoms with E-state index in [1.165, 1.54) is 4.68 Å². The normalized spacial score (nSPS) is 11.6. The summed E-state index contributed by atoms with van der Waals surface area (Å²) in [5, 5.41) is 14.1. The van der Waals surface area contributed by atoms with E-state index in [9.17, 15) is 17.6 Å². The highest BCUT2D eigenvalue weighted by Crippen LogP contribution is 2.33. The van der Waals surface area contributed by atoms with Crippen molar-refractivity contribution >= 4 is 29.2 Å². The van der Waals surface area contributed by atoms with Crippen molar-refractivity contribution in [3.63, 3.8) is 0 Å². The second-order valence-electron chi connectivity index (χ2n) is 5.14. The molecule has 0 aliphatic rings. The monoisotopic (exact) mass is 405 g/mol. The van der Waals surface area contributed by atoms with Gasteiger partial charge >= 0.3 is 6.18 Å². The molecule has 0 radical (unpaired) electrons. The molecule has 0 aliphatic heterocycles. The first-order chi connectivity index (χ1) is 12.3. The second-order valence-corrected chi connectivity index (χ2v) is 5.93. The number of aromatic nitrogens is 4. The zero-order valence-corrected chi connectivity index (χ0v) is 14.2. The molecule has 0 bridgehead atoms. The number of anilines is 1. The molecule has 3 aromatic rings. The Labute approximate surface area is 154 Å². The molecule has 0 spiro atoms. The molecule has 136 valence electrons. The van der Waals surface area contributed by atoms with Crippen molar-refractivity contribution < 1.29 is 17.6 Å². The fraction of sp³-hybridized carbons (Fsp3) is 0.133. The van der Waals surface area contributed by atoms with Crippen molar-refractivity contribution in [3.05, 3.63) is 63.4 Å². The summed E-state index contributed by atoms with van der Waals surface area (Å²) >= 11 is 12.1. The highest BCUT2D eigenvalue weighted by atomic mass is 35.5. The minimum Gasteiger partial charge on any atom is -0.349 e. The smallest absolute Gasteiger partial charge is 0.349 e. The van der Waals surface area contributed by atoms with E-state index in [-0.39, 0.29) is 28.1 Å². The summed E-state index contributed by atoms with van der Waals surface area (Å²) in [5.74, 6) is -0.928. The summed E-state index contributed by atoms with van der Waals surface area (Å²) in [6, 6.07) is 7.22. The summed E-state index contributed by atoms with van der Waals surface area (Å²) in [4.78, 5) is 0. The summed E-state index contributed by atoms with van der Waals surface area (Å²) < 4.78 is 53.6. The molecule has 0 unspecified atom stereocenters. The number of nitrogens with one attached hydrogen (secondary N) is 1. The largest absolute Gasteiger partial charge is 0.416 e. The van der Waals surface area contributed by atoms with Crippen LogP contribution in [0, 0.1) is 5.82 Å². The van der Waals surface area contributed by atoms with Crippen molar-refractivity contribution in [3.8, 4) is 5.69 Å². The third-order valence-electron chi connectivity index (χ3n) is 3.44. The third-order valence-corrected chi connectivity index (χ3v) is 4.25. The lowest BCUT2D eigenvalue weighted by molar-refractivity contribution is -0.138. The van der Waals surface area contributed by atoms with Gasteiger partial charge in [0.1, 0.15) is 5.82 Å². The zero-order valence-electron chi connectivity index (χ0n) is 12.7. The summed E-state index contributed by atoms with van der Waals surface area (Å²) in [7, 11) is 0. The van der Waals surface area contributed by atoms with Crippen LogP contribution in [0.1, 0.15) is 11.1 Å². The molecular weight excluding hydrogens is 397 g/mol. The van der Waals surface area contributed by atoms with Gasteiger partial charge in [0.05, 0.1) is 21.3 Å². The number of hydrogen-bond acceptors (Lipinski definition) is 4. The molecule has 0 saturated heterocycles. The van der Waals surface area contributed by atoms with Crippen molar-refractivity contribution in [2.24, 2.45) is 0 Å². The molecule has 1 N–H and O–H groups in total. The standard InChI is InChI=1S/C15H9Cl2F4N5/c16-11-2-1-3-12(13(11)17)26-14(23-24-25-26)22-7-8-4-5-9(18)6-10(8)15(19,20)21/h1-6H,7H2,(H,22,23,25). The highest BCUT2D eigenvalue weighted by Gasteiger charge is 2.33. The molecule has 2 aromatic carbocycles. The highest BCUT2D eigenvalue weighted by molar-refractivity contribution is 6.43. The fourth-order valence-corrected chi connectivity index (χ4v) is 2.63. The molecule has 0 atom stereocenters. The van der Waals surface area contributed by atoms with Crippen LogP contribution >= 0.6 is 23.2 Å². The van der Waals surface area contributed by atoms with E-state index < -0.39 is 17.6 Å². The maximum atomic E-state index is 13.2. The van der Waals surface area contributed by atoms with E-state index in [1.54, 1.807) is 18.2 Å². The van der Waals surface area contributed by atoms with Crippen LogP contribution in [0.3, 0.4) is 0 Å². The van der Waals surface area contributed by atoms with Gasteiger partial charge in [-0.2, -0.15) is 17.9 Å². The van der Waals surface area contributed by atoms with Gasteiger partial charge in [-0.25, -0.2) is 4.39 Å². The molecule has 0 aliphatic carbocycles. The Balaban J connectivity index is 1.89. The second kappa shape index (κ2) is 7.08. The van der Waals surface area contributed by atoms with E-state index >= 15 is 0 Å². The van der Waals surface area contributed by atoms with Crippen LogP contribution in [0.4, 0.5) is 23.5 Å². The molecule has 0 saturated carbocycles. The first kappa shape index (κ1) is 18.4. The maximum Gasteiger partial charge on any atom is 0.416 e. The van der Waals surface area contributed by atoms with Crippen LogP contribution in [0.15, 0.2) is 36.4 Å². The van der Waals surface area contributed by atoms with Gasteiger partial charge in [-0.15, -0.1) is 0 Å². The first-order valence-electron chi connectivity index (χ1n) is 7.09. The molecule has 0 fully saturated rings. The summed E-state index contributed by atoms with van der Waals surface area (Å²) in [5.41, 5.74) is -0.891. The number of rotatable bonds is 4. The average molecular weight is 406 g/mol. The first-order valence-corrected chi connectivity index (χ1v) is 7.85. The van der Waals surface area contributed by atoms with E-state index in [2.05, 4.69) is 20.8 Å². The molecule has 5 nitrogen and oxygen atoms in total. The summed E-state index contributed by atoms with van der Waals surface area (Å²) in [6.45, 7) is -0.284. The van der Waals surface area contributed by atoms with E-state index in [0.717, 1.165) is 12.1 Å². The molecule has 1 aromatic heterocycles. The molecule has 3 rings (SSSR count). The predicted molar refractivity (Wildman–Crippen MR) is 87.9 cm³/mol. The van der Waals surface area contributed by atoms with Crippen molar-refractivity contribution in [2.75, 3.05) is 5.32 Å². The van der Waals surface area contributed by atoms with Crippen LogP contribution in [-0.4, -0.2) is 20.2 Å². The van der Waals surface area contributed by atoms with Gasteiger partial charge < -0.3 is 5.32 Å². The topological polar surface area (TPSA) is 55.6 Å². The number of tetrazole rings is 1. The van der Waals surface area contributed by atoms with Gasteiger partial charge in [-0.1, -0.05) is 40.4 Å². The lowest BCUT2D eigenvalue weighted by Gasteiger charge is -2.14. The fourth-order valence-electron chi connectivity index (χ4n) is 2.26. The molecule has 1 heterocycles. The molecule has 0 amide bonds. The van der Waals surface area contributed by atoms with E-state index in [1.807, 2.05) is 0 Å². The number of halogens is 6. The Bertz CT molecular complexity index is 942. The Morgan fingerprint density at radius 1 is 1.12 bits per heavy atom. The van der Waals surface area contributed by atoms with Crippen molar-refractivity contribution in [1.29, 1.82) is 0 Å². The third kappa shape index (κ3) is 3.73. The van der Waals surface area contributed by atoms with Crippen LogP contribution in [0.2, 0.25) is 10.0 Å². The molecule has 11 heteroatoms. The van der Waals surface area contributed by atoms with Gasteiger partial charge in [0.25, 0.3) is 0 Å². The zero-order chi connectivity index (χ0) is 18.9. The Hall–Kier alpha value is -2.39. The lowest BCUT2D eigenvalue weighted by atomic mass is 10.1. The lowest BCUT2D eigenvalue weighted by Crippen LogP contribution is -2.14. The number of benzene rings is 2. The number of nitrogens with zero attached hydrogens (tertiary/aromatic N) is 4. The average Bonchev–Trinajstić information content (AvgIpc) is 3.03. The minimum absolute atomic E-state index is 0.0478. The number of hydrogen-bond donors (Lipinski definition) is 1. The minimum atomic E-state index is -4.69. The van der Waals surface area contributed by atoms with Crippen LogP contribution in [0.5, 0.6) is 0 Å². The van der Waals surface area contributed by atoms with Gasteiger partial charge in [-0.05, 0) is 40.3 Å². The van der Waals surface area contributed by atoms with E-state index in [0.29, 0.717) is 11.8 Å². The molecular formula is C15H9Cl2F4N5. The van der Waals surface area contributed by atoms with Crippen LogP contribution < -0.4 is 5.32 Å². The number of alkyl halides is 3. The van der Waals surface area contributed by atoms with E-state index in [4.69, 9.17) is 23.2 Å². The predicted octanol–water partition coefficient (Wildman–Crippen LogP) is 4.74. The van der Waals surface area contributed by atoms with Gasteiger partial charge in [0.2, 0.25) is 5.95 Å². The maximum absolute atomic E-state index is 13.2. The van der Waals surface area contributed by atoms with Gasteiger partial charge in [0, 0.05) is 6.54 Å². The Kier molecular flexibility index (Phi) is 5.01. The van der Waals surface area contributed by atoms with Gasteiger partial charge in [-0.3, -0.25) is 0 Å². The van der Waals surface area contributed by atoms with Crippen molar-refractivity contribution in [1.82, 2.24) is 20.2 Å². The quantitative estimate of drug-likeness (QED) is 0.637. The molecule has 26 heavy (non-hydrogen) atoms. The Morgan fingerprint density at radius 2 is 1.88 bits per heavy atom.